The van der Waals surface area contributed by atoms with E-state index in [0.29, 0.717) is 25.4 Å². The first-order valence-corrected chi connectivity index (χ1v) is 5.37. The molecule has 0 saturated carbocycles. The van der Waals surface area contributed by atoms with Gasteiger partial charge in [-0.2, -0.15) is 5.10 Å². The zero-order valence-electron chi connectivity index (χ0n) is 9.34. The molecular weight excluding hydrogens is 221 g/mol. The maximum Gasteiger partial charge on any atom is 0.157 e. The molecule has 5 heteroatoms. The summed E-state index contributed by atoms with van der Waals surface area (Å²) in [6.45, 7) is 1.45. The minimum atomic E-state index is -0.241. The normalized spacial score (nSPS) is 10.5. The largest absolute Gasteiger partial charge is 0.489 e. The molecule has 1 aromatic carbocycles. The van der Waals surface area contributed by atoms with E-state index in [1.165, 1.54) is 12.1 Å². The van der Waals surface area contributed by atoms with Crippen LogP contribution in [0.5, 0.6) is 5.75 Å². The number of nitrogens with two attached hydrogens (primary N) is 1. The first kappa shape index (κ1) is 11.6. The standard InChI is InChI=1S/C12H14FN3O/c13-11-3-1-2-10(6-11)8-16-9-12(7-15-16)17-5-4-14/h1-3,6-7,9H,4-5,8,14H2. The summed E-state index contributed by atoms with van der Waals surface area (Å²) in [4.78, 5) is 0. The Morgan fingerprint density at radius 1 is 1.41 bits per heavy atom. The molecule has 1 heterocycles. The predicted octanol–water partition coefficient (Wildman–Crippen LogP) is 1.41. The van der Waals surface area contributed by atoms with Crippen molar-refractivity contribution in [2.24, 2.45) is 5.73 Å². The molecule has 0 aliphatic rings. The first-order chi connectivity index (χ1) is 8.28. The lowest BCUT2D eigenvalue weighted by Crippen LogP contribution is -2.10. The van der Waals surface area contributed by atoms with Crippen molar-refractivity contribution in [3.63, 3.8) is 0 Å². The van der Waals surface area contributed by atoms with Gasteiger partial charge >= 0.3 is 0 Å². The lowest BCUT2D eigenvalue weighted by Gasteiger charge is -2.02. The summed E-state index contributed by atoms with van der Waals surface area (Å²) >= 11 is 0. The van der Waals surface area contributed by atoms with Crippen LogP contribution in [0, 0.1) is 5.82 Å². The number of ether oxygens (including phenoxy) is 1. The van der Waals surface area contributed by atoms with E-state index < -0.39 is 0 Å². The number of halogens is 1. The third kappa shape index (κ3) is 3.29. The molecule has 0 atom stereocenters. The molecule has 2 rings (SSSR count). The van der Waals surface area contributed by atoms with Crippen LogP contribution in [0.1, 0.15) is 5.56 Å². The van der Waals surface area contributed by atoms with E-state index in [1.807, 2.05) is 6.07 Å². The minimum absolute atomic E-state index is 0.241. The average Bonchev–Trinajstić information content (AvgIpc) is 2.74. The monoisotopic (exact) mass is 235 g/mol. The summed E-state index contributed by atoms with van der Waals surface area (Å²) < 4.78 is 20.0. The molecule has 0 radical (unpaired) electrons. The second-order valence-electron chi connectivity index (χ2n) is 3.64. The van der Waals surface area contributed by atoms with Crippen LogP contribution in [0.25, 0.3) is 0 Å². The van der Waals surface area contributed by atoms with Crippen LogP contribution in [0.3, 0.4) is 0 Å². The molecule has 0 aliphatic carbocycles. The number of benzene rings is 1. The van der Waals surface area contributed by atoms with Crippen LogP contribution in [-0.2, 0) is 6.54 Å². The maximum absolute atomic E-state index is 13.0. The SMILES string of the molecule is NCCOc1cnn(Cc2cccc(F)c2)c1. The van der Waals surface area contributed by atoms with Gasteiger partial charge in [-0.15, -0.1) is 0 Å². The van der Waals surface area contributed by atoms with Crippen molar-refractivity contribution in [3.05, 3.63) is 48.0 Å². The molecule has 0 fully saturated rings. The maximum atomic E-state index is 13.0. The first-order valence-electron chi connectivity index (χ1n) is 5.37. The molecule has 2 N–H and O–H groups in total. The van der Waals surface area contributed by atoms with Crippen molar-refractivity contribution in [2.75, 3.05) is 13.2 Å². The van der Waals surface area contributed by atoms with Crippen LogP contribution in [0.2, 0.25) is 0 Å². The highest BCUT2D eigenvalue weighted by atomic mass is 19.1. The van der Waals surface area contributed by atoms with Crippen molar-refractivity contribution < 1.29 is 9.13 Å². The molecule has 1 aromatic heterocycles. The van der Waals surface area contributed by atoms with E-state index in [-0.39, 0.29) is 5.82 Å². The Bertz CT molecular complexity index is 484. The van der Waals surface area contributed by atoms with Gasteiger partial charge in [-0.05, 0) is 17.7 Å². The Morgan fingerprint density at radius 3 is 3.06 bits per heavy atom. The number of hydrogen-bond donors (Lipinski definition) is 1. The van der Waals surface area contributed by atoms with Gasteiger partial charge in [0, 0.05) is 6.54 Å². The molecule has 0 amide bonds. The fourth-order valence-electron chi connectivity index (χ4n) is 1.50. The molecule has 0 unspecified atom stereocenters. The molecule has 0 saturated heterocycles. The van der Waals surface area contributed by atoms with E-state index >= 15 is 0 Å². The van der Waals surface area contributed by atoms with Crippen molar-refractivity contribution in [1.82, 2.24) is 9.78 Å². The van der Waals surface area contributed by atoms with Crippen LogP contribution in [0.4, 0.5) is 4.39 Å². The highest BCUT2D eigenvalue weighted by Crippen LogP contribution is 2.10. The van der Waals surface area contributed by atoms with Gasteiger partial charge in [-0.25, -0.2) is 4.39 Å². The molecule has 0 aliphatic heterocycles. The van der Waals surface area contributed by atoms with Crippen LogP contribution in [0.15, 0.2) is 36.7 Å². The van der Waals surface area contributed by atoms with E-state index in [9.17, 15) is 4.39 Å². The Labute approximate surface area is 98.8 Å². The van der Waals surface area contributed by atoms with E-state index in [1.54, 1.807) is 23.1 Å². The summed E-state index contributed by atoms with van der Waals surface area (Å²) in [5, 5.41) is 4.12. The zero-order chi connectivity index (χ0) is 12.1. The van der Waals surface area contributed by atoms with E-state index in [2.05, 4.69) is 5.10 Å². The molecule has 0 bridgehead atoms. The van der Waals surface area contributed by atoms with Crippen molar-refractivity contribution in [2.45, 2.75) is 6.54 Å². The third-order valence-electron chi connectivity index (χ3n) is 2.23. The van der Waals surface area contributed by atoms with Gasteiger partial charge < -0.3 is 10.5 Å². The van der Waals surface area contributed by atoms with Gasteiger partial charge in [0.05, 0.1) is 18.9 Å². The zero-order valence-corrected chi connectivity index (χ0v) is 9.34. The van der Waals surface area contributed by atoms with Gasteiger partial charge in [-0.1, -0.05) is 12.1 Å². The highest BCUT2D eigenvalue weighted by Gasteiger charge is 2.01. The fraction of sp³-hybridized carbons (Fsp3) is 0.250. The Hall–Kier alpha value is -1.88. The third-order valence-corrected chi connectivity index (χ3v) is 2.23. The Morgan fingerprint density at radius 2 is 2.29 bits per heavy atom. The average molecular weight is 235 g/mol. The summed E-state index contributed by atoms with van der Waals surface area (Å²) in [6, 6.07) is 6.44. The predicted molar refractivity (Wildman–Crippen MR) is 62.3 cm³/mol. The Balaban J connectivity index is 2.01. The minimum Gasteiger partial charge on any atom is -0.489 e. The lowest BCUT2D eigenvalue weighted by molar-refractivity contribution is 0.328. The van der Waals surface area contributed by atoms with Gasteiger partial charge in [0.25, 0.3) is 0 Å². The smallest absolute Gasteiger partial charge is 0.157 e. The van der Waals surface area contributed by atoms with E-state index in [4.69, 9.17) is 10.5 Å². The molecule has 17 heavy (non-hydrogen) atoms. The quantitative estimate of drug-likeness (QED) is 0.852. The summed E-state index contributed by atoms with van der Waals surface area (Å²) in [5.41, 5.74) is 6.19. The molecule has 90 valence electrons. The second kappa shape index (κ2) is 5.45. The second-order valence-corrected chi connectivity index (χ2v) is 3.64. The van der Waals surface area contributed by atoms with Gasteiger partial charge in [0.15, 0.2) is 5.75 Å². The molecule has 4 nitrogen and oxygen atoms in total. The summed E-state index contributed by atoms with van der Waals surface area (Å²) in [5.74, 6) is 0.432. The van der Waals surface area contributed by atoms with Crippen molar-refractivity contribution in [3.8, 4) is 5.75 Å². The van der Waals surface area contributed by atoms with Gasteiger partial charge in [-0.3, -0.25) is 4.68 Å². The van der Waals surface area contributed by atoms with E-state index in [0.717, 1.165) is 5.56 Å². The number of rotatable bonds is 5. The van der Waals surface area contributed by atoms with Crippen LogP contribution >= 0.6 is 0 Å². The molecule has 2 aromatic rings. The molecular formula is C12H14FN3O. The number of aromatic nitrogens is 2. The topological polar surface area (TPSA) is 53.1 Å². The van der Waals surface area contributed by atoms with Crippen molar-refractivity contribution >= 4 is 0 Å². The number of hydrogen-bond acceptors (Lipinski definition) is 3. The van der Waals surface area contributed by atoms with Crippen LogP contribution in [-0.4, -0.2) is 22.9 Å². The van der Waals surface area contributed by atoms with Gasteiger partial charge in [0.2, 0.25) is 0 Å². The number of nitrogens with zero attached hydrogens (tertiary/aromatic N) is 2. The van der Waals surface area contributed by atoms with Crippen LogP contribution < -0.4 is 10.5 Å². The Kier molecular flexibility index (Phi) is 3.72. The summed E-state index contributed by atoms with van der Waals surface area (Å²) in [7, 11) is 0. The lowest BCUT2D eigenvalue weighted by atomic mass is 10.2. The van der Waals surface area contributed by atoms with Crippen molar-refractivity contribution in [1.29, 1.82) is 0 Å². The fourth-order valence-corrected chi connectivity index (χ4v) is 1.50. The summed E-state index contributed by atoms with van der Waals surface area (Å²) in [6.07, 6.45) is 3.38. The molecule has 0 spiro atoms. The highest BCUT2D eigenvalue weighted by molar-refractivity contribution is 5.18. The van der Waals surface area contributed by atoms with Gasteiger partial charge in [0.1, 0.15) is 12.4 Å².